The van der Waals surface area contributed by atoms with Crippen molar-refractivity contribution in [3.8, 4) is 0 Å². The van der Waals surface area contributed by atoms with Crippen LogP contribution in [0, 0.1) is 0 Å². The molecule has 1 heteroatoms. The van der Waals surface area contributed by atoms with E-state index in [0.717, 1.165) is 0 Å². The number of allylic oxidation sites excluding steroid dienone is 1. The molecule has 0 bridgehead atoms. The minimum atomic E-state index is 1.26. The Bertz CT molecular complexity index is 125. The van der Waals surface area contributed by atoms with Gasteiger partial charge in [0.1, 0.15) is 0 Å². The molecule has 0 unspecified atom stereocenters. The van der Waals surface area contributed by atoms with Gasteiger partial charge in [-0.15, -0.1) is 0 Å². The molecule has 0 aliphatic carbocycles. The minimum Gasteiger partial charge on any atom is -0.157 e. The third kappa shape index (κ3) is 1.75. The molecular weight excluding hydrogens is 128 g/mol. The first kappa shape index (κ1) is 7.20. The Hall–Kier alpha value is 0.0900. The van der Waals surface area contributed by atoms with Crippen LogP contribution in [0.15, 0.2) is 11.1 Å². The van der Waals surface area contributed by atoms with Gasteiger partial charge in [-0.05, 0) is 25.5 Å². The number of hydrogen-bond acceptors (Lipinski definition) is 1. The van der Waals surface area contributed by atoms with Crippen LogP contribution in [0.3, 0.4) is 0 Å². The Balaban J connectivity index is 2.59. The highest BCUT2D eigenvalue weighted by Gasteiger charge is 2.05. The molecule has 1 aliphatic heterocycles. The fourth-order valence-corrected chi connectivity index (χ4v) is 2.42. The topological polar surface area (TPSA) is 0 Å². The van der Waals surface area contributed by atoms with Gasteiger partial charge in [-0.1, -0.05) is 18.1 Å². The lowest BCUT2D eigenvalue weighted by Crippen LogP contribution is -1.99. The van der Waals surface area contributed by atoms with E-state index in [1.54, 1.807) is 11.1 Å². The van der Waals surface area contributed by atoms with Gasteiger partial charge in [0.25, 0.3) is 0 Å². The van der Waals surface area contributed by atoms with Crippen LogP contribution in [0.5, 0.6) is 0 Å². The SMILES string of the molecule is CCC1=C(C)CCSC1. The Morgan fingerprint density at radius 3 is 2.78 bits per heavy atom. The first-order chi connectivity index (χ1) is 4.34. The fourth-order valence-electron chi connectivity index (χ4n) is 1.12. The van der Waals surface area contributed by atoms with Crippen molar-refractivity contribution in [1.29, 1.82) is 0 Å². The highest BCUT2D eigenvalue weighted by atomic mass is 32.2. The van der Waals surface area contributed by atoms with Crippen molar-refractivity contribution in [1.82, 2.24) is 0 Å². The summed E-state index contributed by atoms with van der Waals surface area (Å²) in [6.45, 7) is 4.53. The van der Waals surface area contributed by atoms with Crippen molar-refractivity contribution in [2.45, 2.75) is 26.7 Å². The first-order valence-corrected chi connectivity index (χ1v) is 4.75. The second-order valence-electron chi connectivity index (χ2n) is 2.54. The Labute approximate surface area is 61.7 Å². The molecule has 0 spiro atoms. The molecule has 0 saturated heterocycles. The van der Waals surface area contributed by atoms with E-state index in [4.69, 9.17) is 0 Å². The smallest absolute Gasteiger partial charge is 0.0145 e. The van der Waals surface area contributed by atoms with Crippen molar-refractivity contribution in [2.75, 3.05) is 11.5 Å². The van der Waals surface area contributed by atoms with Crippen LogP contribution in [0.25, 0.3) is 0 Å². The molecule has 0 aromatic carbocycles. The van der Waals surface area contributed by atoms with Gasteiger partial charge >= 0.3 is 0 Å². The van der Waals surface area contributed by atoms with Crippen molar-refractivity contribution < 1.29 is 0 Å². The molecule has 0 saturated carbocycles. The summed E-state index contributed by atoms with van der Waals surface area (Å²) in [6, 6.07) is 0. The maximum atomic E-state index is 2.28. The number of hydrogen-bond donors (Lipinski definition) is 0. The Morgan fingerprint density at radius 1 is 1.56 bits per heavy atom. The summed E-state index contributed by atoms with van der Waals surface area (Å²) >= 11 is 2.07. The van der Waals surface area contributed by atoms with Gasteiger partial charge in [0.2, 0.25) is 0 Å². The molecule has 0 radical (unpaired) electrons. The molecule has 52 valence electrons. The third-order valence-electron chi connectivity index (χ3n) is 1.93. The predicted molar refractivity (Wildman–Crippen MR) is 44.9 cm³/mol. The Morgan fingerprint density at radius 2 is 2.33 bits per heavy atom. The van der Waals surface area contributed by atoms with Crippen molar-refractivity contribution in [2.24, 2.45) is 0 Å². The molecule has 0 atom stereocenters. The van der Waals surface area contributed by atoms with Crippen molar-refractivity contribution in [3.63, 3.8) is 0 Å². The molecule has 0 aromatic heterocycles. The summed E-state index contributed by atoms with van der Waals surface area (Å²) in [4.78, 5) is 0. The summed E-state index contributed by atoms with van der Waals surface area (Å²) in [7, 11) is 0. The highest BCUT2D eigenvalue weighted by molar-refractivity contribution is 7.99. The van der Waals surface area contributed by atoms with E-state index in [0.29, 0.717) is 0 Å². The summed E-state index contributed by atoms with van der Waals surface area (Å²) in [6.07, 6.45) is 2.59. The van der Waals surface area contributed by atoms with Crippen LogP contribution < -0.4 is 0 Å². The van der Waals surface area contributed by atoms with Crippen molar-refractivity contribution >= 4 is 11.8 Å². The van der Waals surface area contributed by atoms with Gasteiger partial charge in [0, 0.05) is 5.75 Å². The van der Waals surface area contributed by atoms with E-state index in [-0.39, 0.29) is 0 Å². The Kier molecular flexibility index (Phi) is 2.65. The molecule has 9 heavy (non-hydrogen) atoms. The number of rotatable bonds is 1. The van der Waals surface area contributed by atoms with Gasteiger partial charge < -0.3 is 0 Å². The third-order valence-corrected chi connectivity index (χ3v) is 2.97. The van der Waals surface area contributed by atoms with E-state index in [9.17, 15) is 0 Å². The second-order valence-corrected chi connectivity index (χ2v) is 3.65. The van der Waals surface area contributed by atoms with Crippen LogP contribution in [-0.4, -0.2) is 11.5 Å². The van der Waals surface area contributed by atoms with Gasteiger partial charge in [0.05, 0.1) is 0 Å². The largest absolute Gasteiger partial charge is 0.157 e. The highest BCUT2D eigenvalue weighted by Crippen LogP contribution is 2.24. The summed E-state index contributed by atoms with van der Waals surface area (Å²) < 4.78 is 0. The molecule has 0 fully saturated rings. The maximum absolute atomic E-state index is 2.28. The molecule has 0 amide bonds. The molecule has 1 heterocycles. The van der Waals surface area contributed by atoms with E-state index in [2.05, 4.69) is 25.6 Å². The van der Waals surface area contributed by atoms with Crippen LogP contribution >= 0.6 is 11.8 Å². The van der Waals surface area contributed by atoms with Gasteiger partial charge in [-0.3, -0.25) is 0 Å². The summed E-state index contributed by atoms with van der Waals surface area (Å²) in [5.74, 6) is 2.64. The van der Waals surface area contributed by atoms with E-state index >= 15 is 0 Å². The zero-order valence-corrected chi connectivity index (χ0v) is 7.05. The standard InChI is InChI=1S/C8H14S/c1-3-8-6-9-5-4-7(8)2/h3-6H2,1-2H3. The van der Waals surface area contributed by atoms with Crippen LogP contribution in [0.1, 0.15) is 26.7 Å². The number of thioether (sulfide) groups is 1. The zero-order valence-electron chi connectivity index (χ0n) is 6.24. The molecule has 0 nitrogen and oxygen atoms in total. The zero-order chi connectivity index (χ0) is 6.69. The van der Waals surface area contributed by atoms with Crippen molar-refractivity contribution in [3.05, 3.63) is 11.1 Å². The molecule has 0 N–H and O–H groups in total. The molecular formula is C8H14S. The lowest BCUT2D eigenvalue weighted by atomic mass is 10.1. The fraction of sp³-hybridized carbons (Fsp3) is 0.750. The van der Waals surface area contributed by atoms with Crippen LogP contribution in [0.2, 0.25) is 0 Å². The lowest BCUT2D eigenvalue weighted by Gasteiger charge is -2.15. The van der Waals surface area contributed by atoms with E-state index in [1.165, 1.54) is 24.3 Å². The first-order valence-electron chi connectivity index (χ1n) is 3.60. The molecule has 0 aromatic rings. The van der Waals surface area contributed by atoms with Gasteiger partial charge in [0.15, 0.2) is 0 Å². The quantitative estimate of drug-likeness (QED) is 0.507. The van der Waals surface area contributed by atoms with Crippen LogP contribution in [0.4, 0.5) is 0 Å². The average Bonchev–Trinajstić information content (AvgIpc) is 1.89. The van der Waals surface area contributed by atoms with Gasteiger partial charge in [-0.25, -0.2) is 0 Å². The van der Waals surface area contributed by atoms with E-state index in [1.807, 2.05) is 0 Å². The van der Waals surface area contributed by atoms with Crippen LogP contribution in [-0.2, 0) is 0 Å². The monoisotopic (exact) mass is 142 g/mol. The predicted octanol–water partition coefficient (Wildman–Crippen LogP) is 2.85. The summed E-state index contributed by atoms with van der Waals surface area (Å²) in [5.41, 5.74) is 3.34. The molecule has 1 aliphatic rings. The lowest BCUT2D eigenvalue weighted by molar-refractivity contribution is 0.978. The summed E-state index contributed by atoms with van der Waals surface area (Å²) in [5, 5.41) is 0. The van der Waals surface area contributed by atoms with Gasteiger partial charge in [-0.2, -0.15) is 11.8 Å². The minimum absolute atomic E-state index is 1.26. The molecule has 1 rings (SSSR count). The normalized spacial score (nSPS) is 20.7. The average molecular weight is 142 g/mol. The second kappa shape index (κ2) is 3.31. The van der Waals surface area contributed by atoms with E-state index < -0.39 is 0 Å². The maximum Gasteiger partial charge on any atom is 0.0145 e.